The fraction of sp³-hybridized carbons (Fsp3) is 0.100. The molecule has 0 radical (unpaired) electrons. The van der Waals surface area contributed by atoms with Crippen molar-refractivity contribution in [2.24, 2.45) is 0 Å². The van der Waals surface area contributed by atoms with E-state index in [1.54, 1.807) is 7.11 Å². The predicted octanol–water partition coefficient (Wildman–Crippen LogP) is 5.50. The monoisotopic (exact) mass is 446 g/mol. The Kier molecular flexibility index (Phi) is 5.09. The van der Waals surface area contributed by atoms with Crippen molar-refractivity contribution in [1.82, 2.24) is 0 Å². The third-order valence-electron chi connectivity index (χ3n) is 4.02. The number of aliphatic hydroxyl groups is 1. The topological polar surface area (TPSA) is 29.5 Å². The zero-order valence-electron chi connectivity index (χ0n) is 13.0. The summed E-state index contributed by atoms with van der Waals surface area (Å²) in [4.78, 5) is 0. The van der Waals surface area contributed by atoms with E-state index in [4.69, 9.17) is 4.74 Å². The van der Waals surface area contributed by atoms with E-state index in [9.17, 15) is 5.11 Å². The molecule has 0 heterocycles. The number of para-hydroxylation sites is 1. The van der Waals surface area contributed by atoms with Gasteiger partial charge < -0.3 is 9.84 Å². The van der Waals surface area contributed by atoms with E-state index in [0.29, 0.717) is 11.3 Å². The Labute approximate surface area is 158 Å². The molecule has 0 bridgehead atoms. The molecule has 122 valence electrons. The van der Waals surface area contributed by atoms with Crippen molar-refractivity contribution < 1.29 is 9.84 Å². The molecule has 0 saturated carbocycles. The van der Waals surface area contributed by atoms with Gasteiger partial charge in [0.05, 0.1) is 7.11 Å². The van der Waals surface area contributed by atoms with Gasteiger partial charge in [0, 0.05) is 25.6 Å². The molecule has 0 aromatic heterocycles. The van der Waals surface area contributed by atoms with Crippen molar-refractivity contribution in [3.05, 3.63) is 98.4 Å². The number of hydrogen-bond acceptors (Lipinski definition) is 2. The third-order valence-corrected chi connectivity index (χ3v) is 5.41. The van der Waals surface area contributed by atoms with E-state index >= 15 is 0 Å². The van der Waals surface area contributed by atoms with Crippen LogP contribution in [0, 0.1) is 0 Å². The van der Waals surface area contributed by atoms with Crippen molar-refractivity contribution in [3.8, 4) is 5.75 Å². The molecule has 0 aliphatic heterocycles. The summed E-state index contributed by atoms with van der Waals surface area (Å²) in [7, 11) is 1.61. The van der Waals surface area contributed by atoms with Crippen molar-refractivity contribution in [3.63, 3.8) is 0 Å². The van der Waals surface area contributed by atoms with Crippen LogP contribution in [0.5, 0.6) is 5.75 Å². The van der Waals surface area contributed by atoms with Gasteiger partial charge in [0.15, 0.2) is 0 Å². The highest BCUT2D eigenvalue weighted by atomic mass is 79.9. The largest absolute Gasteiger partial charge is 0.496 e. The van der Waals surface area contributed by atoms with Crippen LogP contribution in [0.4, 0.5) is 0 Å². The molecule has 0 unspecified atom stereocenters. The molecule has 1 N–H and O–H groups in total. The highest BCUT2D eigenvalue weighted by Crippen LogP contribution is 2.45. The molecular weight excluding hydrogens is 432 g/mol. The number of ether oxygens (including phenoxy) is 1. The zero-order valence-corrected chi connectivity index (χ0v) is 16.2. The van der Waals surface area contributed by atoms with Crippen molar-refractivity contribution in [1.29, 1.82) is 0 Å². The molecule has 3 aromatic carbocycles. The van der Waals surface area contributed by atoms with Gasteiger partial charge in [-0.3, -0.25) is 0 Å². The Morgan fingerprint density at radius 2 is 1.12 bits per heavy atom. The fourth-order valence-corrected chi connectivity index (χ4v) is 4.03. The van der Waals surface area contributed by atoms with Crippen LogP contribution in [-0.2, 0) is 5.60 Å². The van der Waals surface area contributed by atoms with Crippen LogP contribution < -0.4 is 4.74 Å². The van der Waals surface area contributed by atoms with Gasteiger partial charge in [0.25, 0.3) is 0 Å². The molecule has 0 saturated heterocycles. The molecule has 0 aliphatic rings. The fourth-order valence-electron chi connectivity index (χ4n) is 2.89. The first-order chi connectivity index (χ1) is 11.6. The maximum Gasteiger partial charge on any atom is 0.146 e. The lowest BCUT2D eigenvalue weighted by molar-refractivity contribution is 0.120. The van der Waals surface area contributed by atoms with E-state index in [2.05, 4.69) is 31.9 Å². The molecule has 0 atom stereocenters. The van der Waals surface area contributed by atoms with Crippen LogP contribution in [0.15, 0.2) is 81.7 Å². The smallest absolute Gasteiger partial charge is 0.146 e. The van der Waals surface area contributed by atoms with Gasteiger partial charge in [-0.25, -0.2) is 0 Å². The second kappa shape index (κ2) is 7.09. The predicted molar refractivity (Wildman–Crippen MR) is 103 cm³/mol. The maximum atomic E-state index is 12.0. The standard InChI is InChI=1S/C20H16Br2O2/c1-24-19-13-7-4-10-16(19)20(23,14-8-2-5-11-17(14)21)15-9-3-6-12-18(15)22/h2-13,23H,1H3. The summed E-state index contributed by atoms with van der Waals surface area (Å²) in [5, 5.41) is 12.0. The van der Waals surface area contributed by atoms with Gasteiger partial charge in [-0.05, 0) is 18.2 Å². The summed E-state index contributed by atoms with van der Waals surface area (Å²) in [6.07, 6.45) is 0. The van der Waals surface area contributed by atoms with E-state index < -0.39 is 5.60 Å². The highest BCUT2D eigenvalue weighted by molar-refractivity contribution is 9.10. The minimum Gasteiger partial charge on any atom is -0.496 e. The second-order valence-electron chi connectivity index (χ2n) is 5.37. The Hall–Kier alpha value is -1.62. The van der Waals surface area contributed by atoms with Crippen LogP contribution in [0.3, 0.4) is 0 Å². The molecule has 4 heteroatoms. The Morgan fingerprint density at radius 3 is 1.58 bits per heavy atom. The van der Waals surface area contributed by atoms with Crippen LogP contribution in [0.2, 0.25) is 0 Å². The summed E-state index contributed by atoms with van der Waals surface area (Å²) in [6.45, 7) is 0. The van der Waals surface area contributed by atoms with Crippen molar-refractivity contribution >= 4 is 31.9 Å². The third kappa shape index (κ3) is 2.90. The molecule has 0 fully saturated rings. The molecule has 0 amide bonds. The van der Waals surface area contributed by atoms with Gasteiger partial charge in [0.2, 0.25) is 0 Å². The summed E-state index contributed by atoms with van der Waals surface area (Å²) >= 11 is 7.16. The Balaban J connectivity index is 2.38. The second-order valence-corrected chi connectivity index (χ2v) is 7.08. The summed E-state index contributed by atoms with van der Waals surface area (Å²) in [5.41, 5.74) is 0.821. The number of benzene rings is 3. The summed E-state index contributed by atoms with van der Waals surface area (Å²) in [6, 6.07) is 22.9. The average Bonchev–Trinajstić information content (AvgIpc) is 2.62. The summed E-state index contributed by atoms with van der Waals surface area (Å²) < 4.78 is 7.18. The number of halogens is 2. The minimum absolute atomic E-state index is 0.631. The average molecular weight is 448 g/mol. The quantitative estimate of drug-likeness (QED) is 0.534. The first-order valence-corrected chi connectivity index (χ1v) is 9.03. The minimum atomic E-state index is -1.37. The van der Waals surface area contributed by atoms with Gasteiger partial charge >= 0.3 is 0 Å². The summed E-state index contributed by atoms with van der Waals surface area (Å²) in [5.74, 6) is 0.631. The van der Waals surface area contributed by atoms with Crippen LogP contribution in [-0.4, -0.2) is 12.2 Å². The van der Waals surface area contributed by atoms with E-state index in [1.807, 2.05) is 72.8 Å². The molecule has 24 heavy (non-hydrogen) atoms. The molecule has 0 spiro atoms. The Bertz CT molecular complexity index is 816. The molecule has 3 rings (SSSR count). The molecular formula is C20H16Br2O2. The normalized spacial score (nSPS) is 11.3. The SMILES string of the molecule is COc1ccccc1C(O)(c1ccccc1Br)c1ccccc1Br. The highest BCUT2D eigenvalue weighted by Gasteiger charge is 2.39. The Morgan fingerprint density at radius 1 is 0.708 bits per heavy atom. The number of rotatable bonds is 4. The van der Waals surface area contributed by atoms with Gasteiger partial charge in [-0.2, -0.15) is 0 Å². The molecule has 0 aliphatic carbocycles. The maximum absolute atomic E-state index is 12.0. The lowest BCUT2D eigenvalue weighted by Gasteiger charge is -2.32. The van der Waals surface area contributed by atoms with Crippen LogP contribution in [0.25, 0.3) is 0 Å². The van der Waals surface area contributed by atoms with Gasteiger partial charge in [-0.1, -0.05) is 86.5 Å². The number of methoxy groups -OCH3 is 1. The lowest BCUT2D eigenvalue weighted by atomic mass is 9.80. The van der Waals surface area contributed by atoms with E-state index in [-0.39, 0.29) is 0 Å². The zero-order chi connectivity index (χ0) is 17.2. The van der Waals surface area contributed by atoms with Gasteiger partial charge in [-0.15, -0.1) is 0 Å². The van der Waals surface area contributed by atoms with E-state index in [1.165, 1.54) is 0 Å². The van der Waals surface area contributed by atoms with Crippen LogP contribution >= 0.6 is 31.9 Å². The first-order valence-electron chi connectivity index (χ1n) is 7.45. The number of hydrogen-bond donors (Lipinski definition) is 1. The lowest BCUT2D eigenvalue weighted by Crippen LogP contribution is -2.30. The van der Waals surface area contributed by atoms with Gasteiger partial charge in [0.1, 0.15) is 11.4 Å². The van der Waals surface area contributed by atoms with Crippen molar-refractivity contribution in [2.45, 2.75) is 5.60 Å². The molecule has 2 nitrogen and oxygen atoms in total. The first kappa shape index (κ1) is 17.2. The molecule has 3 aromatic rings. The van der Waals surface area contributed by atoms with E-state index in [0.717, 1.165) is 20.1 Å². The van der Waals surface area contributed by atoms with Crippen molar-refractivity contribution in [2.75, 3.05) is 7.11 Å². The van der Waals surface area contributed by atoms with Crippen LogP contribution in [0.1, 0.15) is 16.7 Å².